The van der Waals surface area contributed by atoms with Crippen LogP contribution in [0.25, 0.3) is 11.3 Å². The Morgan fingerprint density at radius 2 is 1.94 bits per heavy atom. The van der Waals surface area contributed by atoms with Gasteiger partial charge in [0.1, 0.15) is 11.5 Å². The van der Waals surface area contributed by atoms with Crippen LogP contribution in [-0.4, -0.2) is 19.5 Å². The van der Waals surface area contributed by atoms with Gasteiger partial charge in [0.15, 0.2) is 0 Å². The molecule has 1 aromatic carbocycles. The van der Waals surface area contributed by atoms with Crippen molar-refractivity contribution in [2.75, 3.05) is 13.6 Å². The number of carbonyl (C=O) groups excluding carboxylic acids is 1. The highest BCUT2D eigenvalue weighted by atomic mass is 16.3. The van der Waals surface area contributed by atoms with Crippen molar-refractivity contribution in [1.29, 1.82) is 0 Å². The van der Waals surface area contributed by atoms with Crippen LogP contribution < -0.4 is 10.6 Å². The number of furan rings is 1. The number of hydrogen-bond acceptors (Lipinski definition) is 3. The first kappa shape index (κ1) is 12.4. The lowest BCUT2D eigenvalue weighted by Crippen LogP contribution is -2.31. The van der Waals surface area contributed by atoms with Crippen LogP contribution in [0.15, 0.2) is 46.9 Å². The van der Waals surface area contributed by atoms with E-state index in [1.807, 2.05) is 42.5 Å². The maximum absolute atomic E-state index is 11.3. The fourth-order valence-electron chi connectivity index (χ4n) is 1.64. The summed E-state index contributed by atoms with van der Waals surface area (Å²) in [6.45, 7) is 0.722. The summed E-state index contributed by atoms with van der Waals surface area (Å²) in [5, 5.41) is 5.56. The number of carbonyl (C=O) groups is 1. The molecule has 4 nitrogen and oxygen atoms in total. The van der Waals surface area contributed by atoms with E-state index in [1.165, 1.54) is 0 Å². The number of amides is 1. The van der Waals surface area contributed by atoms with Crippen molar-refractivity contribution in [2.45, 2.75) is 6.54 Å². The third-order valence-electron chi connectivity index (χ3n) is 2.52. The van der Waals surface area contributed by atoms with Crippen molar-refractivity contribution in [3.63, 3.8) is 0 Å². The fraction of sp³-hybridized carbons (Fsp3) is 0.214. The van der Waals surface area contributed by atoms with Crippen LogP contribution in [0, 0.1) is 0 Å². The van der Waals surface area contributed by atoms with E-state index in [1.54, 1.807) is 7.05 Å². The molecule has 0 bridgehead atoms. The lowest BCUT2D eigenvalue weighted by atomic mass is 10.2. The fourth-order valence-corrected chi connectivity index (χ4v) is 1.64. The molecule has 0 aliphatic rings. The van der Waals surface area contributed by atoms with Crippen LogP contribution in [0.2, 0.25) is 0 Å². The molecular formula is C14H16N2O2. The van der Waals surface area contributed by atoms with Crippen LogP contribution in [0.3, 0.4) is 0 Å². The normalized spacial score (nSPS) is 10.3. The van der Waals surface area contributed by atoms with Crippen molar-refractivity contribution >= 4 is 5.91 Å². The molecular weight excluding hydrogens is 228 g/mol. The van der Waals surface area contributed by atoms with Crippen molar-refractivity contribution in [3.05, 3.63) is 48.2 Å². The van der Waals surface area contributed by atoms with Crippen LogP contribution in [-0.2, 0) is 11.3 Å². The van der Waals surface area contributed by atoms with E-state index in [-0.39, 0.29) is 5.91 Å². The van der Waals surface area contributed by atoms with Gasteiger partial charge < -0.3 is 15.1 Å². The van der Waals surface area contributed by atoms with Crippen molar-refractivity contribution in [2.24, 2.45) is 0 Å². The SMILES string of the molecule is CNCC(=O)NCc1ccc(-c2ccccc2)o1. The second kappa shape index (κ2) is 6.02. The summed E-state index contributed by atoms with van der Waals surface area (Å²) >= 11 is 0. The van der Waals surface area contributed by atoms with Gasteiger partial charge in [-0.15, -0.1) is 0 Å². The number of likely N-dealkylation sites (N-methyl/N-ethyl adjacent to an activating group) is 1. The smallest absolute Gasteiger partial charge is 0.234 e. The molecule has 4 heteroatoms. The van der Waals surface area contributed by atoms with Gasteiger partial charge >= 0.3 is 0 Å². The predicted molar refractivity (Wildman–Crippen MR) is 69.9 cm³/mol. The molecule has 0 atom stereocenters. The second-order valence-corrected chi connectivity index (χ2v) is 3.94. The summed E-state index contributed by atoms with van der Waals surface area (Å²) < 4.78 is 5.66. The van der Waals surface area contributed by atoms with Crippen molar-refractivity contribution in [3.8, 4) is 11.3 Å². The van der Waals surface area contributed by atoms with Gasteiger partial charge in [-0.3, -0.25) is 4.79 Å². The summed E-state index contributed by atoms with van der Waals surface area (Å²) in [7, 11) is 1.74. The molecule has 0 spiro atoms. The van der Waals surface area contributed by atoms with E-state index in [9.17, 15) is 4.79 Å². The molecule has 0 saturated carbocycles. The van der Waals surface area contributed by atoms with E-state index >= 15 is 0 Å². The minimum absolute atomic E-state index is 0.0461. The number of rotatable bonds is 5. The number of benzene rings is 1. The topological polar surface area (TPSA) is 54.3 Å². The zero-order chi connectivity index (χ0) is 12.8. The first-order valence-electron chi connectivity index (χ1n) is 5.85. The highest BCUT2D eigenvalue weighted by molar-refractivity contribution is 5.77. The zero-order valence-electron chi connectivity index (χ0n) is 10.3. The molecule has 0 fully saturated rings. The molecule has 2 rings (SSSR count). The molecule has 0 saturated heterocycles. The minimum atomic E-state index is -0.0461. The lowest BCUT2D eigenvalue weighted by Gasteiger charge is -2.02. The van der Waals surface area contributed by atoms with Crippen LogP contribution in [0.5, 0.6) is 0 Å². The Morgan fingerprint density at radius 1 is 1.17 bits per heavy atom. The Labute approximate surface area is 106 Å². The van der Waals surface area contributed by atoms with E-state index in [0.29, 0.717) is 13.1 Å². The highest BCUT2D eigenvalue weighted by Gasteiger charge is 2.05. The van der Waals surface area contributed by atoms with Gasteiger partial charge in [-0.1, -0.05) is 30.3 Å². The molecule has 94 valence electrons. The molecule has 0 unspecified atom stereocenters. The van der Waals surface area contributed by atoms with Gasteiger partial charge in [-0.2, -0.15) is 0 Å². The Balaban J connectivity index is 1.97. The average molecular weight is 244 g/mol. The Bertz CT molecular complexity index is 506. The molecule has 1 amide bonds. The molecule has 18 heavy (non-hydrogen) atoms. The molecule has 1 aromatic heterocycles. The summed E-state index contributed by atoms with van der Waals surface area (Å²) in [6, 6.07) is 13.7. The standard InChI is InChI=1S/C14H16N2O2/c1-15-10-14(17)16-9-12-7-8-13(18-12)11-5-3-2-4-6-11/h2-8,15H,9-10H2,1H3,(H,16,17). The average Bonchev–Trinajstić information content (AvgIpc) is 2.87. The van der Waals surface area contributed by atoms with E-state index < -0.39 is 0 Å². The number of nitrogens with one attached hydrogen (secondary N) is 2. The van der Waals surface area contributed by atoms with Crippen molar-refractivity contribution in [1.82, 2.24) is 10.6 Å². The molecule has 0 aliphatic carbocycles. The summed E-state index contributed by atoms with van der Waals surface area (Å²) in [4.78, 5) is 11.3. The Hall–Kier alpha value is -2.07. The third kappa shape index (κ3) is 3.21. The Kier molecular flexibility index (Phi) is 4.15. The van der Waals surface area contributed by atoms with Crippen LogP contribution in [0.1, 0.15) is 5.76 Å². The molecule has 2 N–H and O–H groups in total. The largest absolute Gasteiger partial charge is 0.459 e. The predicted octanol–water partition coefficient (Wildman–Crippen LogP) is 1.78. The molecule has 1 heterocycles. The van der Waals surface area contributed by atoms with Gasteiger partial charge in [0.25, 0.3) is 0 Å². The maximum Gasteiger partial charge on any atom is 0.234 e. The van der Waals surface area contributed by atoms with E-state index in [4.69, 9.17) is 4.42 Å². The van der Waals surface area contributed by atoms with Gasteiger partial charge in [-0.05, 0) is 19.2 Å². The van der Waals surface area contributed by atoms with Gasteiger partial charge in [-0.25, -0.2) is 0 Å². The first-order chi connectivity index (χ1) is 8.79. The van der Waals surface area contributed by atoms with Gasteiger partial charge in [0.2, 0.25) is 5.91 Å². The summed E-state index contributed by atoms with van der Waals surface area (Å²) in [5.74, 6) is 1.52. The van der Waals surface area contributed by atoms with Crippen LogP contribution in [0.4, 0.5) is 0 Å². The zero-order valence-corrected chi connectivity index (χ0v) is 10.3. The maximum atomic E-state index is 11.3. The lowest BCUT2D eigenvalue weighted by molar-refractivity contribution is -0.120. The van der Waals surface area contributed by atoms with E-state index in [0.717, 1.165) is 17.1 Å². The quantitative estimate of drug-likeness (QED) is 0.843. The monoisotopic (exact) mass is 244 g/mol. The van der Waals surface area contributed by atoms with Crippen LogP contribution >= 0.6 is 0 Å². The number of hydrogen-bond donors (Lipinski definition) is 2. The summed E-state index contributed by atoms with van der Waals surface area (Å²) in [6.07, 6.45) is 0. The molecule has 2 aromatic rings. The Morgan fingerprint density at radius 3 is 2.67 bits per heavy atom. The highest BCUT2D eigenvalue weighted by Crippen LogP contribution is 2.21. The third-order valence-corrected chi connectivity index (χ3v) is 2.52. The molecule has 0 aliphatic heterocycles. The van der Waals surface area contributed by atoms with Crippen molar-refractivity contribution < 1.29 is 9.21 Å². The second-order valence-electron chi connectivity index (χ2n) is 3.94. The van der Waals surface area contributed by atoms with E-state index in [2.05, 4.69) is 10.6 Å². The minimum Gasteiger partial charge on any atom is -0.459 e. The molecule has 0 radical (unpaired) electrons. The summed E-state index contributed by atoms with van der Waals surface area (Å²) in [5.41, 5.74) is 1.03. The van der Waals surface area contributed by atoms with Gasteiger partial charge in [0.05, 0.1) is 13.1 Å². The first-order valence-corrected chi connectivity index (χ1v) is 5.85. The van der Waals surface area contributed by atoms with Gasteiger partial charge in [0, 0.05) is 5.56 Å².